The molecule has 72 valence electrons. The second-order valence-electron chi connectivity index (χ2n) is 2.76. The number of nitrogens with two attached hydrogens (primary N) is 1. The van der Waals surface area contributed by atoms with Gasteiger partial charge < -0.3 is 10.8 Å². The Bertz CT molecular complexity index is 293. The van der Waals surface area contributed by atoms with Crippen LogP contribution in [0.5, 0.6) is 0 Å². The molecule has 1 aromatic carbocycles. The van der Waals surface area contributed by atoms with Crippen molar-refractivity contribution >= 4 is 11.6 Å². The quantitative estimate of drug-likeness (QED) is 0.788. The lowest BCUT2D eigenvalue weighted by Crippen LogP contribution is -2.13. The molecule has 3 N–H and O–H groups in total. The van der Waals surface area contributed by atoms with Crippen LogP contribution >= 0.6 is 11.6 Å². The molecule has 1 unspecified atom stereocenters. The zero-order valence-electron chi connectivity index (χ0n) is 7.00. The summed E-state index contributed by atoms with van der Waals surface area (Å²) < 4.78 is 13.3. The van der Waals surface area contributed by atoms with Crippen molar-refractivity contribution in [1.82, 2.24) is 0 Å². The van der Waals surface area contributed by atoms with Crippen LogP contribution < -0.4 is 5.73 Å². The highest BCUT2D eigenvalue weighted by Gasteiger charge is 2.12. The number of aliphatic hydroxyl groups excluding tert-OH is 1. The van der Waals surface area contributed by atoms with E-state index in [0.29, 0.717) is 12.0 Å². The van der Waals surface area contributed by atoms with Gasteiger partial charge in [0.15, 0.2) is 0 Å². The van der Waals surface area contributed by atoms with Crippen LogP contribution in [0.3, 0.4) is 0 Å². The van der Waals surface area contributed by atoms with Crippen molar-refractivity contribution in [2.75, 3.05) is 6.61 Å². The number of benzene rings is 1. The van der Waals surface area contributed by atoms with E-state index in [0.717, 1.165) is 0 Å². The minimum absolute atomic E-state index is 0.0610. The van der Waals surface area contributed by atoms with Crippen LogP contribution in [0.1, 0.15) is 18.0 Å². The van der Waals surface area contributed by atoms with E-state index >= 15 is 0 Å². The number of rotatable bonds is 3. The Balaban J connectivity index is 2.93. The zero-order valence-corrected chi connectivity index (χ0v) is 7.76. The van der Waals surface area contributed by atoms with Gasteiger partial charge in [0, 0.05) is 18.2 Å². The highest BCUT2D eigenvalue weighted by molar-refractivity contribution is 6.30. The molecular formula is C9H11ClFNO. The molecule has 1 aromatic rings. The lowest BCUT2D eigenvalue weighted by atomic mass is 10.0. The van der Waals surface area contributed by atoms with Crippen LogP contribution in [-0.2, 0) is 0 Å². The molecule has 2 nitrogen and oxygen atoms in total. The Kier molecular flexibility index (Phi) is 3.66. The first-order chi connectivity index (χ1) is 6.16. The topological polar surface area (TPSA) is 46.2 Å². The predicted molar refractivity (Wildman–Crippen MR) is 50.0 cm³/mol. The summed E-state index contributed by atoms with van der Waals surface area (Å²) in [6.45, 7) is -0.0624. The molecule has 0 heterocycles. The lowest BCUT2D eigenvalue weighted by molar-refractivity contribution is 0.275. The van der Waals surface area contributed by atoms with E-state index in [-0.39, 0.29) is 11.6 Å². The second kappa shape index (κ2) is 4.56. The minimum atomic E-state index is -0.497. The fourth-order valence-corrected chi connectivity index (χ4v) is 1.28. The number of halogens is 2. The van der Waals surface area contributed by atoms with Crippen LogP contribution in [0.4, 0.5) is 4.39 Å². The summed E-state index contributed by atoms with van der Waals surface area (Å²) in [6, 6.07) is 4.18. The monoisotopic (exact) mass is 203 g/mol. The second-order valence-corrected chi connectivity index (χ2v) is 3.17. The van der Waals surface area contributed by atoms with Gasteiger partial charge in [0.1, 0.15) is 5.82 Å². The van der Waals surface area contributed by atoms with E-state index in [1.165, 1.54) is 6.07 Å². The zero-order chi connectivity index (χ0) is 9.84. The van der Waals surface area contributed by atoms with Crippen LogP contribution in [-0.4, -0.2) is 11.7 Å². The van der Waals surface area contributed by atoms with Gasteiger partial charge >= 0.3 is 0 Å². The van der Waals surface area contributed by atoms with Gasteiger partial charge in [-0.15, -0.1) is 0 Å². The number of hydrogen-bond acceptors (Lipinski definition) is 2. The molecule has 0 radical (unpaired) electrons. The summed E-state index contributed by atoms with van der Waals surface area (Å²) >= 11 is 5.57. The molecule has 0 amide bonds. The first-order valence-corrected chi connectivity index (χ1v) is 4.35. The summed E-state index contributed by atoms with van der Waals surface area (Å²) in [7, 11) is 0. The Morgan fingerprint density at radius 1 is 1.54 bits per heavy atom. The van der Waals surface area contributed by atoms with Gasteiger partial charge in [0.2, 0.25) is 0 Å². The van der Waals surface area contributed by atoms with Crippen molar-refractivity contribution in [2.45, 2.75) is 12.5 Å². The summed E-state index contributed by atoms with van der Waals surface area (Å²) in [6.07, 6.45) is 0.331. The normalized spacial score (nSPS) is 12.9. The molecule has 13 heavy (non-hydrogen) atoms. The van der Waals surface area contributed by atoms with Crippen molar-refractivity contribution in [3.05, 3.63) is 34.6 Å². The molecule has 0 saturated heterocycles. The Morgan fingerprint density at radius 2 is 2.23 bits per heavy atom. The van der Waals surface area contributed by atoms with Crippen LogP contribution in [0, 0.1) is 5.82 Å². The third kappa shape index (κ3) is 2.40. The van der Waals surface area contributed by atoms with E-state index in [1.54, 1.807) is 12.1 Å². The highest BCUT2D eigenvalue weighted by atomic mass is 35.5. The first-order valence-electron chi connectivity index (χ1n) is 3.97. The SMILES string of the molecule is NC(CCO)c1cccc(Cl)c1F. The smallest absolute Gasteiger partial charge is 0.146 e. The molecular weight excluding hydrogens is 193 g/mol. The highest BCUT2D eigenvalue weighted by Crippen LogP contribution is 2.23. The fraction of sp³-hybridized carbons (Fsp3) is 0.333. The molecule has 1 rings (SSSR count). The predicted octanol–water partition coefficient (Wildman–Crippen LogP) is 1.86. The summed E-state index contributed by atoms with van der Waals surface area (Å²) in [5.74, 6) is -0.495. The van der Waals surface area contributed by atoms with E-state index < -0.39 is 11.9 Å². The average Bonchev–Trinajstić information content (AvgIpc) is 2.10. The Morgan fingerprint density at radius 3 is 2.85 bits per heavy atom. The van der Waals surface area contributed by atoms with E-state index in [1.807, 2.05) is 0 Å². The molecule has 0 saturated carbocycles. The van der Waals surface area contributed by atoms with Crippen LogP contribution in [0.2, 0.25) is 5.02 Å². The van der Waals surface area contributed by atoms with Crippen molar-refractivity contribution in [2.24, 2.45) is 5.73 Å². The summed E-state index contributed by atoms with van der Waals surface area (Å²) in [4.78, 5) is 0. The van der Waals surface area contributed by atoms with Crippen molar-refractivity contribution in [3.8, 4) is 0 Å². The maximum absolute atomic E-state index is 13.3. The van der Waals surface area contributed by atoms with E-state index in [9.17, 15) is 4.39 Å². The maximum Gasteiger partial charge on any atom is 0.146 e. The van der Waals surface area contributed by atoms with Crippen molar-refractivity contribution in [3.63, 3.8) is 0 Å². The molecule has 0 spiro atoms. The van der Waals surface area contributed by atoms with Crippen molar-refractivity contribution in [1.29, 1.82) is 0 Å². The van der Waals surface area contributed by atoms with Crippen LogP contribution in [0.25, 0.3) is 0 Å². The molecule has 0 fully saturated rings. The molecule has 4 heteroatoms. The largest absolute Gasteiger partial charge is 0.396 e. The molecule has 1 atom stereocenters. The lowest BCUT2D eigenvalue weighted by Gasteiger charge is -2.11. The molecule has 0 aliphatic carbocycles. The Hall–Kier alpha value is -0.640. The summed E-state index contributed by atoms with van der Waals surface area (Å²) in [5.41, 5.74) is 5.97. The van der Waals surface area contributed by atoms with Gasteiger partial charge in [0.05, 0.1) is 5.02 Å². The fourth-order valence-electron chi connectivity index (χ4n) is 1.10. The number of hydrogen-bond donors (Lipinski definition) is 2. The van der Waals surface area contributed by atoms with Gasteiger partial charge in [-0.25, -0.2) is 4.39 Å². The molecule has 0 aliphatic heterocycles. The first kappa shape index (κ1) is 10.4. The molecule has 0 aromatic heterocycles. The van der Waals surface area contributed by atoms with E-state index in [2.05, 4.69) is 0 Å². The third-order valence-electron chi connectivity index (χ3n) is 1.82. The molecule has 0 bridgehead atoms. The van der Waals surface area contributed by atoms with Gasteiger partial charge in [-0.1, -0.05) is 23.7 Å². The third-order valence-corrected chi connectivity index (χ3v) is 2.11. The average molecular weight is 204 g/mol. The van der Waals surface area contributed by atoms with Gasteiger partial charge in [-0.05, 0) is 12.5 Å². The van der Waals surface area contributed by atoms with E-state index in [4.69, 9.17) is 22.4 Å². The molecule has 0 aliphatic rings. The van der Waals surface area contributed by atoms with Gasteiger partial charge in [-0.2, -0.15) is 0 Å². The van der Waals surface area contributed by atoms with Gasteiger partial charge in [0.25, 0.3) is 0 Å². The Labute approximate surface area is 81.1 Å². The number of aliphatic hydroxyl groups is 1. The standard InChI is InChI=1S/C9H11ClFNO/c10-7-3-1-2-6(9(7)11)8(12)4-5-13/h1-3,8,13H,4-5,12H2. The van der Waals surface area contributed by atoms with Crippen molar-refractivity contribution < 1.29 is 9.50 Å². The summed E-state index contributed by atoms with van der Waals surface area (Å²) in [5, 5.41) is 8.68. The van der Waals surface area contributed by atoms with Gasteiger partial charge in [-0.3, -0.25) is 0 Å². The van der Waals surface area contributed by atoms with Crippen LogP contribution in [0.15, 0.2) is 18.2 Å². The maximum atomic E-state index is 13.3. The minimum Gasteiger partial charge on any atom is -0.396 e.